The van der Waals surface area contributed by atoms with Crippen LogP contribution in [0.25, 0.3) is 0 Å². The monoisotopic (exact) mass is 289 g/mol. The van der Waals surface area contributed by atoms with Gasteiger partial charge in [0.1, 0.15) is 0 Å². The molecule has 0 unspecified atom stereocenters. The van der Waals surface area contributed by atoms with Crippen molar-refractivity contribution in [3.8, 4) is 0 Å². The molecule has 0 saturated carbocycles. The third-order valence-electron chi connectivity index (χ3n) is 3.85. The van der Waals surface area contributed by atoms with Crippen molar-refractivity contribution in [3.05, 3.63) is 35.9 Å². The molecule has 1 amide bonds. The first-order chi connectivity index (χ1) is 10.3. The zero-order chi connectivity index (χ0) is 14.9. The van der Waals surface area contributed by atoms with Crippen LogP contribution in [0.1, 0.15) is 25.3 Å². The molecule has 0 aliphatic carbocycles. The van der Waals surface area contributed by atoms with Crippen molar-refractivity contribution in [3.63, 3.8) is 0 Å². The SMILES string of the molecule is CCCN(Cc1ccccc1)C(=O)CN1CCCNCC1. The van der Waals surface area contributed by atoms with Gasteiger partial charge in [-0.05, 0) is 31.5 Å². The Labute approximate surface area is 128 Å². The van der Waals surface area contributed by atoms with Crippen LogP contribution in [0.4, 0.5) is 0 Å². The predicted molar refractivity (Wildman–Crippen MR) is 86.1 cm³/mol. The van der Waals surface area contributed by atoms with E-state index in [4.69, 9.17) is 0 Å². The van der Waals surface area contributed by atoms with Gasteiger partial charge in [-0.3, -0.25) is 9.69 Å². The van der Waals surface area contributed by atoms with Crippen molar-refractivity contribution in [2.24, 2.45) is 0 Å². The van der Waals surface area contributed by atoms with Crippen molar-refractivity contribution < 1.29 is 4.79 Å². The van der Waals surface area contributed by atoms with Gasteiger partial charge in [-0.25, -0.2) is 0 Å². The van der Waals surface area contributed by atoms with Crippen molar-refractivity contribution in [2.45, 2.75) is 26.3 Å². The molecule has 1 aliphatic heterocycles. The van der Waals surface area contributed by atoms with E-state index in [-0.39, 0.29) is 5.91 Å². The fourth-order valence-electron chi connectivity index (χ4n) is 2.72. The van der Waals surface area contributed by atoms with E-state index < -0.39 is 0 Å². The first-order valence-corrected chi connectivity index (χ1v) is 8.04. The van der Waals surface area contributed by atoms with E-state index in [0.717, 1.165) is 52.1 Å². The van der Waals surface area contributed by atoms with Gasteiger partial charge in [-0.1, -0.05) is 37.3 Å². The average molecular weight is 289 g/mol. The molecule has 21 heavy (non-hydrogen) atoms. The van der Waals surface area contributed by atoms with E-state index in [1.54, 1.807) is 0 Å². The van der Waals surface area contributed by atoms with Crippen LogP contribution in [0.3, 0.4) is 0 Å². The number of hydrogen-bond donors (Lipinski definition) is 1. The molecule has 0 bridgehead atoms. The molecule has 1 aromatic rings. The Morgan fingerprint density at radius 3 is 2.81 bits per heavy atom. The summed E-state index contributed by atoms with van der Waals surface area (Å²) in [6.07, 6.45) is 2.12. The molecule has 1 heterocycles. The standard InChI is InChI=1S/C17H27N3O/c1-2-11-20(14-16-7-4-3-5-8-16)17(21)15-19-12-6-9-18-10-13-19/h3-5,7-8,18H,2,6,9-15H2,1H3. The van der Waals surface area contributed by atoms with Crippen LogP contribution in [0.15, 0.2) is 30.3 Å². The smallest absolute Gasteiger partial charge is 0.237 e. The molecule has 1 aromatic carbocycles. The maximum Gasteiger partial charge on any atom is 0.237 e. The van der Waals surface area contributed by atoms with Gasteiger partial charge < -0.3 is 10.2 Å². The predicted octanol–water partition coefficient (Wildman–Crippen LogP) is 1.72. The number of benzene rings is 1. The Morgan fingerprint density at radius 1 is 1.24 bits per heavy atom. The maximum atomic E-state index is 12.6. The zero-order valence-corrected chi connectivity index (χ0v) is 13.1. The van der Waals surface area contributed by atoms with E-state index >= 15 is 0 Å². The van der Waals surface area contributed by atoms with Crippen molar-refractivity contribution in [2.75, 3.05) is 39.3 Å². The molecule has 0 atom stereocenters. The van der Waals surface area contributed by atoms with Crippen LogP contribution in [0.2, 0.25) is 0 Å². The minimum Gasteiger partial charge on any atom is -0.337 e. The lowest BCUT2D eigenvalue weighted by Gasteiger charge is -2.26. The first kappa shape index (κ1) is 16.0. The summed E-state index contributed by atoms with van der Waals surface area (Å²) < 4.78 is 0. The van der Waals surface area contributed by atoms with Gasteiger partial charge in [-0.15, -0.1) is 0 Å². The molecule has 0 radical (unpaired) electrons. The number of amides is 1. The molecule has 1 N–H and O–H groups in total. The zero-order valence-electron chi connectivity index (χ0n) is 13.1. The Bertz CT molecular complexity index is 413. The van der Waals surface area contributed by atoms with Crippen molar-refractivity contribution >= 4 is 5.91 Å². The number of nitrogens with zero attached hydrogens (tertiary/aromatic N) is 2. The maximum absolute atomic E-state index is 12.6. The molecular formula is C17H27N3O. The topological polar surface area (TPSA) is 35.6 Å². The third-order valence-corrected chi connectivity index (χ3v) is 3.85. The lowest BCUT2D eigenvalue weighted by atomic mass is 10.2. The number of carbonyl (C=O) groups excluding carboxylic acids is 1. The fourth-order valence-corrected chi connectivity index (χ4v) is 2.72. The van der Waals surface area contributed by atoms with Gasteiger partial charge in [0, 0.05) is 26.2 Å². The summed E-state index contributed by atoms with van der Waals surface area (Å²) in [5.74, 6) is 0.252. The molecule has 0 aromatic heterocycles. The largest absolute Gasteiger partial charge is 0.337 e. The highest BCUT2D eigenvalue weighted by Gasteiger charge is 2.18. The van der Waals surface area contributed by atoms with Crippen molar-refractivity contribution in [1.82, 2.24) is 15.1 Å². The van der Waals surface area contributed by atoms with Gasteiger partial charge in [0.15, 0.2) is 0 Å². The number of hydrogen-bond acceptors (Lipinski definition) is 3. The summed E-state index contributed by atoms with van der Waals surface area (Å²) >= 11 is 0. The minimum absolute atomic E-state index is 0.252. The van der Waals surface area contributed by atoms with Crippen LogP contribution >= 0.6 is 0 Å². The highest BCUT2D eigenvalue weighted by molar-refractivity contribution is 5.78. The molecule has 116 valence electrons. The number of rotatable bonds is 6. The summed E-state index contributed by atoms with van der Waals surface area (Å²) in [5.41, 5.74) is 1.21. The van der Waals surface area contributed by atoms with Gasteiger partial charge in [0.2, 0.25) is 5.91 Å². The Balaban J connectivity index is 1.91. The summed E-state index contributed by atoms with van der Waals surface area (Å²) in [6.45, 7) is 8.27. The van der Waals surface area contributed by atoms with Gasteiger partial charge in [0.25, 0.3) is 0 Å². The lowest BCUT2D eigenvalue weighted by Crippen LogP contribution is -2.41. The van der Waals surface area contributed by atoms with Crippen LogP contribution in [-0.4, -0.2) is 55.0 Å². The van der Waals surface area contributed by atoms with E-state index in [9.17, 15) is 4.79 Å². The summed E-state index contributed by atoms with van der Waals surface area (Å²) in [4.78, 5) is 16.8. The summed E-state index contributed by atoms with van der Waals surface area (Å²) in [5, 5.41) is 3.38. The number of nitrogens with one attached hydrogen (secondary N) is 1. The minimum atomic E-state index is 0.252. The van der Waals surface area contributed by atoms with Crippen LogP contribution < -0.4 is 5.32 Å². The first-order valence-electron chi connectivity index (χ1n) is 8.04. The summed E-state index contributed by atoms with van der Waals surface area (Å²) in [7, 11) is 0. The Hall–Kier alpha value is -1.39. The van der Waals surface area contributed by atoms with Gasteiger partial charge >= 0.3 is 0 Å². The second kappa shape index (κ2) is 8.80. The second-order valence-corrected chi connectivity index (χ2v) is 5.68. The molecular weight excluding hydrogens is 262 g/mol. The highest BCUT2D eigenvalue weighted by atomic mass is 16.2. The molecule has 1 saturated heterocycles. The molecule has 1 aliphatic rings. The van der Waals surface area contributed by atoms with Crippen LogP contribution in [0, 0.1) is 0 Å². The van der Waals surface area contributed by atoms with Gasteiger partial charge in [0.05, 0.1) is 6.54 Å². The Morgan fingerprint density at radius 2 is 2.05 bits per heavy atom. The second-order valence-electron chi connectivity index (χ2n) is 5.68. The molecule has 4 nitrogen and oxygen atoms in total. The van der Waals surface area contributed by atoms with Gasteiger partial charge in [-0.2, -0.15) is 0 Å². The van der Waals surface area contributed by atoms with E-state index in [0.29, 0.717) is 6.54 Å². The average Bonchev–Trinajstić information content (AvgIpc) is 2.76. The number of carbonyl (C=O) groups is 1. The van der Waals surface area contributed by atoms with E-state index in [2.05, 4.69) is 29.3 Å². The normalized spacial score (nSPS) is 16.4. The van der Waals surface area contributed by atoms with E-state index in [1.165, 1.54) is 5.56 Å². The Kier molecular flexibility index (Phi) is 6.70. The van der Waals surface area contributed by atoms with Crippen LogP contribution in [-0.2, 0) is 11.3 Å². The lowest BCUT2D eigenvalue weighted by molar-refractivity contribution is -0.133. The quantitative estimate of drug-likeness (QED) is 0.866. The summed E-state index contributed by atoms with van der Waals surface area (Å²) in [6, 6.07) is 10.3. The van der Waals surface area contributed by atoms with Crippen molar-refractivity contribution in [1.29, 1.82) is 0 Å². The molecule has 4 heteroatoms. The van der Waals surface area contributed by atoms with Crippen LogP contribution in [0.5, 0.6) is 0 Å². The molecule has 1 fully saturated rings. The van der Waals surface area contributed by atoms with E-state index in [1.807, 2.05) is 23.1 Å². The fraction of sp³-hybridized carbons (Fsp3) is 0.588. The highest BCUT2D eigenvalue weighted by Crippen LogP contribution is 2.07. The molecule has 2 rings (SSSR count). The molecule has 0 spiro atoms. The third kappa shape index (κ3) is 5.48.